The highest BCUT2D eigenvalue weighted by atomic mass is 16.6. The number of nitrogens with zero attached hydrogens (tertiary/aromatic N) is 2. The third kappa shape index (κ3) is 5.18. The molecule has 1 aliphatic heterocycles. The van der Waals surface area contributed by atoms with Crippen molar-refractivity contribution in [3.05, 3.63) is 0 Å². The van der Waals surface area contributed by atoms with E-state index in [-0.39, 0.29) is 32.1 Å². The number of ether oxygens (including phenoxy) is 4. The van der Waals surface area contributed by atoms with E-state index in [1.165, 1.54) is 7.05 Å². The fraction of sp³-hybridized carbons (Fsp3) is 0.706. The summed E-state index contributed by atoms with van der Waals surface area (Å²) < 4.78 is 20.0. The molecule has 3 atom stereocenters. The normalized spacial score (nSPS) is 21.7. The molecule has 0 aromatic carbocycles. The van der Waals surface area contributed by atoms with E-state index >= 15 is 0 Å². The van der Waals surface area contributed by atoms with Gasteiger partial charge in [-0.25, -0.2) is 9.59 Å². The maximum Gasteiger partial charge on any atom is 0.355 e. The number of hydrogen-bond donors (Lipinski definition) is 0. The van der Waals surface area contributed by atoms with Gasteiger partial charge in [-0.2, -0.15) is 5.10 Å². The van der Waals surface area contributed by atoms with Crippen LogP contribution in [0.3, 0.4) is 0 Å². The number of hydrogen-bond acceptors (Lipinski definition) is 10. The van der Waals surface area contributed by atoms with Crippen LogP contribution in [-0.4, -0.2) is 74.1 Å². The molecule has 0 fully saturated rings. The summed E-state index contributed by atoms with van der Waals surface area (Å²) in [5.41, 5.74) is -0.323. The van der Waals surface area contributed by atoms with Gasteiger partial charge in [0.05, 0.1) is 26.4 Å². The molecule has 0 unspecified atom stereocenters. The molecule has 1 rings (SSSR count). The van der Waals surface area contributed by atoms with Gasteiger partial charge in [-0.3, -0.25) is 14.6 Å². The summed E-state index contributed by atoms with van der Waals surface area (Å²) >= 11 is 0. The quantitative estimate of drug-likeness (QED) is 0.423. The third-order valence-electron chi connectivity index (χ3n) is 3.77. The van der Waals surface area contributed by atoms with Gasteiger partial charge in [0.2, 0.25) is 0 Å². The van der Waals surface area contributed by atoms with E-state index in [4.69, 9.17) is 18.9 Å². The molecular weight excluding hydrogens is 360 g/mol. The average molecular weight is 386 g/mol. The lowest BCUT2D eigenvalue weighted by Crippen LogP contribution is -2.58. The Morgan fingerprint density at radius 1 is 0.815 bits per heavy atom. The van der Waals surface area contributed by atoms with Crippen molar-refractivity contribution in [1.82, 2.24) is 5.01 Å². The van der Waals surface area contributed by atoms with Crippen LogP contribution in [0.2, 0.25) is 0 Å². The van der Waals surface area contributed by atoms with Crippen LogP contribution in [0, 0.1) is 11.8 Å². The van der Waals surface area contributed by atoms with Gasteiger partial charge < -0.3 is 18.9 Å². The number of esters is 4. The van der Waals surface area contributed by atoms with E-state index in [2.05, 4.69) is 5.10 Å². The first-order chi connectivity index (χ1) is 12.8. The summed E-state index contributed by atoms with van der Waals surface area (Å²) in [7, 11) is 1.40. The molecule has 0 radical (unpaired) electrons. The van der Waals surface area contributed by atoms with Gasteiger partial charge >= 0.3 is 23.9 Å². The van der Waals surface area contributed by atoms with Crippen LogP contribution in [0.25, 0.3) is 0 Å². The maximum absolute atomic E-state index is 12.6. The summed E-state index contributed by atoms with van der Waals surface area (Å²) in [5.74, 6) is -6.17. The molecule has 152 valence electrons. The smallest absolute Gasteiger partial charge is 0.355 e. The van der Waals surface area contributed by atoms with Crippen LogP contribution < -0.4 is 0 Å². The molecule has 0 saturated carbocycles. The van der Waals surface area contributed by atoms with E-state index in [9.17, 15) is 19.2 Å². The first-order valence-corrected chi connectivity index (χ1v) is 8.82. The lowest BCUT2D eigenvalue weighted by atomic mass is 9.80. The molecule has 10 heteroatoms. The van der Waals surface area contributed by atoms with E-state index in [0.717, 1.165) is 5.01 Å². The highest BCUT2D eigenvalue weighted by Gasteiger charge is 2.54. The molecular formula is C17H26N2O8. The molecule has 0 aliphatic carbocycles. The van der Waals surface area contributed by atoms with Gasteiger partial charge in [0, 0.05) is 7.05 Å². The average Bonchev–Trinajstić information content (AvgIpc) is 2.61. The Morgan fingerprint density at radius 3 is 1.81 bits per heavy atom. The second-order valence-corrected chi connectivity index (χ2v) is 5.48. The highest BCUT2D eigenvalue weighted by molar-refractivity contribution is 6.41. The first kappa shape index (κ1) is 22.4. The van der Waals surface area contributed by atoms with Crippen LogP contribution in [0.15, 0.2) is 5.10 Å². The Hall–Kier alpha value is -2.65. The standard InChI is InChI=1S/C17H26N2O8/c1-6-24-14(20)10-11(15(21)25-7-2)13(17(23)27-9-4)19(5)18-12(10)16(22)26-8-3/h10-11,13H,6-9H2,1-5H3/t10-,11-,13-/m1/s1. The molecule has 10 nitrogen and oxygen atoms in total. The summed E-state index contributed by atoms with van der Waals surface area (Å²) in [4.78, 5) is 50.0. The Morgan fingerprint density at radius 2 is 1.30 bits per heavy atom. The second kappa shape index (κ2) is 10.5. The molecule has 1 heterocycles. The van der Waals surface area contributed by atoms with Crippen LogP contribution in [0.5, 0.6) is 0 Å². The Balaban J connectivity index is 3.51. The third-order valence-corrected chi connectivity index (χ3v) is 3.77. The second-order valence-electron chi connectivity index (χ2n) is 5.48. The predicted molar refractivity (Wildman–Crippen MR) is 92.5 cm³/mol. The number of carbonyl (C=O) groups excluding carboxylic acids is 4. The SMILES string of the molecule is CCOC(=O)C1=NN(C)[C@@H](C(=O)OCC)[C@H](C(=O)OCC)[C@H]1C(=O)OCC. The minimum atomic E-state index is -1.45. The zero-order valence-electron chi connectivity index (χ0n) is 16.2. The van der Waals surface area contributed by atoms with E-state index < -0.39 is 41.8 Å². The zero-order chi connectivity index (χ0) is 20.6. The van der Waals surface area contributed by atoms with Crippen molar-refractivity contribution in [3.8, 4) is 0 Å². The number of carbonyl (C=O) groups is 4. The summed E-state index contributed by atoms with van der Waals surface area (Å²) in [5, 5.41) is 5.14. The number of rotatable bonds is 8. The lowest BCUT2D eigenvalue weighted by Gasteiger charge is -2.37. The maximum atomic E-state index is 12.6. The van der Waals surface area contributed by atoms with Crippen molar-refractivity contribution in [3.63, 3.8) is 0 Å². The van der Waals surface area contributed by atoms with Crippen LogP contribution in [0.1, 0.15) is 27.7 Å². The van der Waals surface area contributed by atoms with Crippen LogP contribution in [0.4, 0.5) is 0 Å². The van der Waals surface area contributed by atoms with Crippen molar-refractivity contribution in [2.75, 3.05) is 33.5 Å². The van der Waals surface area contributed by atoms with Crippen LogP contribution >= 0.6 is 0 Å². The van der Waals surface area contributed by atoms with E-state index in [0.29, 0.717) is 0 Å². The molecule has 27 heavy (non-hydrogen) atoms. The van der Waals surface area contributed by atoms with Crippen molar-refractivity contribution in [2.45, 2.75) is 33.7 Å². The van der Waals surface area contributed by atoms with Crippen molar-refractivity contribution < 1.29 is 38.1 Å². The number of likely N-dealkylation sites (N-methyl/N-ethyl adjacent to an activating group) is 1. The number of hydrazone groups is 1. The highest BCUT2D eigenvalue weighted by Crippen LogP contribution is 2.31. The fourth-order valence-corrected chi connectivity index (χ4v) is 2.77. The minimum absolute atomic E-state index is 0.0148. The molecule has 0 spiro atoms. The monoisotopic (exact) mass is 386 g/mol. The van der Waals surface area contributed by atoms with Gasteiger partial charge in [-0.1, -0.05) is 0 Å². The molecule has 0 N–H and O–H groups in total. The summed E-state index contributed by atoms with van der Waals surface area (Å²) in [6.45, 7) is 6.52. The van der Waals surface area contributed by atoms with Gasteiger partial charge in [-0.15, -0.1) is 0 Å². The van der Waals surface area contributed by atoms with Crippen molar-refractivity contribution in [2.24, 2.45) is 16.9 Å². The zero-order valence-corrected chi connectivity index (χ0v) is 16.2. The van der Waals surface area contributed by atoms with Gasteiger partial charge in [-0.05, 0) is 27.7 Å². The largest absolute Gasteiger partial charge is 0.466 e. The van der Waals surface area contributed by atoms with E-state index in [1.54, 1.807) is 27.7 Å². The Labute approximate surface area is 157 Å². The van der Waals surface area contributed by atoms with Gasteiger partial charge in [0.1, 0.15) is 11.8 Å². The van der Waals surface area contributed by atoms with Crippen LogP contribution in [-0.2, 0) is 38.1 Å². The first-order valence-electron chi connectivity index (χ1n) is 8.82. The minimum Gasteiger partial charge on any atom is -0.466 e. The summed E-state index contributed by atoms with van der Waals surface area (Å²) in [6.07, 6.45) is 0. The molecule has 0 amide bonds. The molecule has 0 bridgehead atoms. The van der Waals surface area contributed by atoms with Gasteiger partial charge in [0.25, 0.3) is 0 Å². The molecule has 0 saturated heterocycles. The topological polar surface area (TPSA) is 121 Å². The Bertz CT molecular complexity index is 604. The molecule has 0 aromatic rings. The summed E-state index contributed by atoms with van der Waals surface area (Å²) in [6, 6.07) is -1.25. The van der Waals surface area contributed by atoms with Crippen molar-refractivity contribution >= 4 is 29.6 Å². The predicted octanol–water partition coefficient (Wildman–Crippen LogP) is 0.141. The van der Waals surface area contributed by atoms with Crippen molar-refractivity contribution in [1.29, 1.82) is 0 Å². The Kier molecular flexibility index (Phi) is 8.70. The fourth-order valence-electron chi connectivity index (χ4n) is 2.77. The van der Waals surface area contributed by atoms with Gasteiger partial charge in [0.15, 0.2) is 11.8 Å². The lowest BCUT2D eigenvalue weighted by molar-refractivity contribution is -0.169. The molecule has 0 aromatic heterocycles. The molecule has 1 aliphatic rings. The van der Waals surface area contributed by atoms with E-state index in [1.807, 2.05) is 0 Å².